The van der Waals surface area contributed by atoms with Gasteiger partial charge in [0.1, 0.15) is 5.69 Å². The van der Waals surface area contributed by atoms with Crippen molar-refractivity contribution in [3.05, 3.63) is 46.4 Å². The van der Waals surface area contributed by atoms with Gasteiger partial charge in [-0.3, -0.25) is 0 Å². The smallest absolute Gasteiger partial charge is 0.220 e. The maximum atomic E-state index is 5.56. The Hall–Kier alpha value is -2.49. The Kier molecular flexibility index (Phi) is 4.63. The first-order valence-electron chi connectivity index (χ1n) is 15.1. The SMILES string of the molecule is CCC1(C)c2c3c(cc4nc(C(C)(C)C)n5c6ccc(C(C)(C)C)nc6[n+](c5c24)C1(C)CC)C1CCC3C1. The molecule has 4 heterocycles. The molecule has 0 amide bonds. The van der Waals surface area contributed by atoms with Crippen molar-refractivity contribution in [3.63, 3.8) is 0 Å². The quantitative estimate of drug-likeness (QED) is 0.256. The van der Waals surface area contributed by atoms with Crippen molar-refractivity contribution < 1.29 is 4.57 Å². The summed E-state index contributed by atoms with van der Waals surface area (Å²) < 4.78 is 5.18. The summed E-state index contributed by atoms with van der Waals surface area (Å²) in [6.45, 7) is 23.7. The zero-order chi connectivity index (χ0) is 27.2. The van der Waals surface area contributed by atoms with Gasteiger partial charge >= 0.3 is 5.65 Å². The molecule has 1 aromatic carbocycles. The van der Waals surface area contributed by atoms with Crippen LogP contribution in [-0.2, 0) is 21.8 Å². The van der Waals surface area contributed by atoms with Gasteiger partial charge in [0, 0.05) is 16.2 Å². The highest BCUT2D eigenvalue weighted by Gasteiger charge is 2.57. The summed E-state index contributed by atoms with van der Waals surface area (Å²) in [7, 11) is 0. The van der Waals surface area contributed by atoms with Gasteiger partial charge in [-0.05, 0) is 85.8 Å². The molecule has 7 rings (SSSR count). The molecule has 1 saturated carbocycles. The van der Waals surface area contributed by atoms with Crippen molar-refractivity contribution in [2.45, 2.75) is 135 Å². The highest BCUT2D eigenvalue weighted by atomic mass is 15.2. The van der Waals surface area contributed by atoms with E-state index in [9.17, 15) is 0 Å². The Morgan fingerprint density at radius 3 is 2.29 bits per heavy atom. The molecular weight excluding hydrogens is 464 g/mol. The number of benzene rings is 1. The average molecular weight is 510 g/mol. The Morgan fingerprint density at radius 1 is 0.947 bits per heavy atom. The van der Waals surface area contributed by atoms with Crippen molar-refractivity contribution in [1.29, 1.82) is 0 Å². The van der Waals surface area contributed by atoms with E-state index >= 15 is 0 Å². The van der Waals surface area contributed by atoms with Crippen molar-refractivity contribution in [2.75, 3.05) is 0 Å². The Morgan fingerprint density at radius 2 is 1.66 bits per heavy atom. The molecule has 4 heteroatoms. The fourth-order valence-corrected chi connectivity index (χ4v) is 8.60. The molecule has 4 atom stereocenters. The second kappa shape index (κ2) is 7.17. The molecule has 0 spiro atoms. The highest BCUT2D eigenvalue weighted by Crippen LogP contribution is 2.61. The summed E-state index contributed by atoms with van der Waals surface area (Å²) in [4.78, 5) is 11.0. The van der Waals surface area contributed by atoms with Gasteiger partial charge in [-0.25, -0.2) is 14.0 Å². The topological polar surface area (TPSA) is 34.1 Å². The molecule has 2 aliphatic carbocycles. The van der Waals surface area contributed by atoms with E-state index < -0.39 is 0 Å². The molecule has 38 heavy (non-hydrogen) atoms. The van der Waals surface area contributed by atoms with Crippen LogP contribution < -0.4 is 4.57 Å². The van der Waals surface area contributed by atoms with Crippen LogP contribution >= 0.6 is 0 Å². The molecule has 4 nitrogen and oxygen atoms in total. The minimum atomic E-state index is -0.106. The number of rotatable bonds is 2. The Labute approximate surface area is 227 Å². The summed E-state index contributed by atoms with van der Waals surface area (Å²) >= 11 is 0. The largest absolute Gasteiger partial charge is 0.303 e. The zero-order valence-corrected chi connectivity index (χ0v) is 25.2. The number of hydrogen-bond acceptors (Lipinski definition) is 2. The van der Waals surface area contributed by atoms with Crippen LogP contribution in [-0.4, -0.2) is 14.4 Å². The molecule has 1 fully saturated rings. The van der Waals surface area contributed by atoms with Crippen LogP contribution in [0.2, 0.25) is 0 Å². The predicted octanol–water partition coefficient (Wildman–Crippen LogP) is 8.09. The lowest BCUT2D eigenvalue weighted by Gasteiger charge is -2.49. The molecule has 200 valence electrons. The zero-order valence-electron chi connectivity index (χ0n) is 25.2. The van der Waals surface area contributed by atoms with E-state index in [2.05, 4.69) is 96.4 Å². The fraction of sp³-hybridized carbons (Fsp3) is 0.618. The standard InChI is InChI=1S/C34H45N4/c1-11-33(9)27-25-20-14-13-19(17-20)21(25)18-22-26(27)29-37(30(35-22)32(6,7)8)23-15-16-24(31(3,4)5)36-28(23)38(29)34(33,10)12-2/h15-16,18-20H,11-14,17H2,1-10H3/q+1. The van der Waals surface area contributed by atoms with Gasteiger partial charge in [-0.1, -0.05) is 62.3 Å². The van der Waals surface area contributed by atoms with Gasteiger partial charge in [0.25, 0.3) is 0 Å². The summed E-state index contributed by atoms with van der Waals surface area (Å²) in [6, 6.07) is 7.08. The van der Waals surface area contributed by atoms with Gasteiger partial charge in [-0.15, -0.1) is 4.98 Å². The van der Waals surface area contributed by atoms with Crippen molar-refractivity contribution in [1.82, 2.24) is 14.4 Å². The molecule has 4 unspecified atom stereocenters. The molecule has 0 N–H and O–H groups in total. The van der Waals surface area contributed by atoms with E-state index in [0.717, 1.165) is 35.9 Å². The fourth-order valence-electron chi connectivity index (χ4n) is 8.60. The van der Waals surface area contributed by atoms with Crippen LogP contribution in [0.5, 0.6) is 0 Å². The third-order valence-corrected chi connectivity index (χ3v) is 11.1. The van der Waals surface area contributed by atoms with Crippen LogP contribution in [0.3, 0.4) is 0 Å². The highest BCUT2D eigenvalue weighted by molar-refractivity contribution is 5.99. The number of nitrogens with zero attached hydrogens (tertiary/aromatic N) is 4. The summed E-state index contributed by atoms with van der Waals surface area (Å²) in [5, 5.41) is 1.40. The van der Waals surface area contributed by atoms with Crippen molar-refractivity contribution in [3.8, 4) is 0 Å². The van der Waals surface area contributed by atoms with Gasteiger partial charge in [0.15, 0.2) is 11.3 Å². The van der Waals surface area contributed by atoms with E-state index in [4.69, 9.17) is 9.97 Å². The minimum absolute atomic E-state index is 0.00733. The van der Waals surface area contributed by atoms with Gasteiger partial charge in [-0.2, -0.15) is 0 Å². The summed E-state index contributed by atoms with van der Waals surface area (Å²) in [6.07, 6.45) is 6.19. The molecule has 0 radical (unpaired) electrons. The van der Waals surface area contributed by atoms with E-state index in [1.54, 1.807) is 16.7 Å². The maximum absolute atomic E-state index is 5.56. The number of pyridine rings is 1. The van der Waals surface area contributed by atoms with E-state index in [-0.39, 0.29) is 21.8 Å². The molecule has 4 aromatic rings. The van der Waals surface area contributed by atoms with E-state index in [0.29, 0.717) is 5.92 Å². The first-order valence-corrected chi connectivity index (χ1v) is 15.1. The molecule has 3 aliphatic rings. The molecule has 0 saturated heterocycles. The molecule has 2 bridgehead atoms. The lowest BCUT2D eigenvalue weighted by Crippen LogP contribution is -2.66. The van der Waals surface area contributed by atoms with E-state index in [1.165, 1.54) is 41.3 Å². The van der Waals surface area contributed by atoms with Crippen LogP contribution in [0.4, 0.5) is 0 Å². The number of imidazole rings is 1. The van der Waals surface area contributed by atoms with E-state index in [1.807, 2.05) is 0 Å². The number of hydrogen-bond donors (Lipinski definition) is 0. The number of fused-ring (bicyclic) bond motifs is 9. The van der Waals surface area contributed by atoms with Crippen LogP contribution in [0.15, 0.2) is 18.2 Å². The number of aromatic nitrogens is 4. The first kappa shape index (κ1) is 24.5. The summed E-state index contributed by atoms with van der Waals surface area (Å²) in [5.74, 6) is 2.57. The van der Waals surface area contributed by atoms with Crippen LogP contribution in [0.1, 0.15) is 141 Å². The van der Waals surface area contributed by atoms with Gasteiger partial charge in [0.2, 0.25) is 5.65 Å². The second-order valence-electron chi connectivity index (χ2n) is 15.1. The molecule has 3 aromatic heterocycles. The lowest BCUT2D eigenvalue weighted by atomic mass is 9.59. The van der Waals surface area contributed by atoms with Crippen LogP contribution in [0.25, 0.3) is 27.7 Å². The average Bonchev–Trinajstić information content (AvgIpc) is 3.56. The third-order valence-electron chi connectivity index (χ3n) is 11.1. The normalized spacial score (nSPS) is 28.4. The van der Waals surface area contributed by atoms with Gasteiger partial charge < -0.3 is 0 Å². The van der Waals surface area contributed by atoms with Crippen molar-refractivity contribution >= 4 is 27.7 Å². The molecular formula is C34H45N4+. The minimum Gasteiger partial charge on any atom is -0.220 e. The maximum Gasteiger partial charge on any atom is 0.303 e. The Bertz CT molecular complexity index is 1680. The monoisotopic (exact) mass is 509 g/mol. The van der Waals surface area contributed by atoms with Crippen molar-refractivity contribution in [2.24, 2.45) is 0 Å². The second-order valence-corrected chi connectivity index (χ2v) is 15.1. The van der Waals surface area contributed by atoms with Gasteiger partial charge in [0.05, 0.1) is 16.4 Å². The first-order chi connectivity index (χ1) is 17.8. The predicted molar refractivity (Wildman–Crippen MR) is 157 cm³/mol. The summed E-state index contributed by atoms with van der Waals surface area (Å²) in [5.41, 5.74) is 10.7. The molecule has 1 aliphatic heterocycles. The third kappa shape index (κ3) is 2.70. The Balaban J connectivity index is 1.81. The lowest BCUT2D eigenvalue weighted by molar-refractivity contribution is -0.730. The van der Waals surface area contributed by atoms with Crippen LogP contribution in [0, 0.1) is 0 Å².